The topological polar surface area (TPSA) is 78.8 Å². The highest BCUT2D eigenvalue weighted by molar-refractivity contribution is 5.96. The Labute approximate surface area is 168 Å². The summed E-state index contributed by atoms with van der Waals surface area (Å²) in [4.78, 5) is 15.3. The lowest BCUT2D eigenvalue weighted by molar-refractivity contribution is -0.616. The molecule has 3 aliphatic heterocycles. The number of nitrogens with one attached hydrogen (secondary N) is 2. The summed E-state index contributed by atoms with van der Waals surface area (Å²) in [5, 5.41) is 7.52. The second-order valence-electron chi connectivity index (χ2n) is 7.76. The van der Waals surface area contributed by atoms with Crippen molar-refractivity contribution in [2.45, 2.75) is 31.8 Å². The van der Waals surface area contributed by atoms with E-state index in [9.17, 15) is 9.18 Å². The maximum Gasteiger partial charge on any atom is 0.251 e. The normalized spacial score (nSPS) is 21.2. The van der Waals surface area contributed by atoms with Crippen molar-refractivity contribution in [3.63, 3.8) is 0 Å². The van der Waals surface area contributed by atoms with E-state index < -0.39 is 0 Å². The molecule has 1 aromatic carbocycles. The zero-order chi connectivity index (χ0) is 20.0. The molecule has 1 aromatic heterocycles. The van der Waals surface area contributed by atoms with Crippen LogP contribution in [0.25, 0.3) is 5.70 Å². The number of hydrogen-bond acceptors (Lipinski definition) is 4. The number of nitrogens with two attached hydrogens (primary N) is 1. The van der Waals surface area contributed by atoms with Crippen LogP contribution in [0.2, 0.25) is 0 Å². The molecule has 4 N–H and O–H groups in total. The Morgan fingerprint density at radius 1 is 1.28 bits per heavy atom. The van der Waals surface area contributed by atoms with Gasteiger partial charge in [-0.3, -0.25) is 9.48 Å². The molecule has 1 saturated heterocycles. The molecule has 0 saturated carbocycles. The van der Waals surface area contributed by atoms with Gasteiger partial charge in [-0.2, -0.15) is 5.10 Å². The van der Waals surface area contributed by atoms with E-state index in [1.807, 2.05) is 24.9 Å². The summed E-state index contributed by atoms with van der Waals surface area (Å²) in [7, 11) is 1.87. The first-order valence-corrected chi connectivity index (χ1v) is 9.98. The minimum atomic E-state index is -0.318. The summed E-state index contributed by atoms with van der Waals surface area (Å²) in [6.07, 6.45) is 9.09. The van der Waals surface area contributed by atoms with Crippen LogP contribution in [0.3, 0.4) is 0 Å². The fourth-order valence-corrected chi connectivity index (χ4v) is 4.53. The van der Waals surface area contributed by atoms with Crippen LogP contribution in [0.4, 0.5) is 4.39 Å². The van der Waals surface area contributed by atoms with Gasteiger partial charge in [-0.1, -0.05) is 0 Å². The van der Waals surface area contributed by atoms with Crippen LogP contribution in [0.15, 0.2) is 42.4 Å². The van der Waals surface area contributed by atoms with E-state index in [0.29, 0.717) is 12.1 Å². The molecule has 2 bridgehead atoms. The number of aromatic nitrogens is 2. The third-order valence-corrected chi connectivity index (χ3v) is 5.86. The number of nitrogens with zero attached hydrogens (tertiary/aromatic N) is 3. The zero-order valence-corrected chi connectivity index (χ0v) is 16.3. The summed E-state index contributed by atoms with van der Waals surface area (Å²) in [5.41, 5.74) is 10.3. The SMILES string of the molecule is Cn1cc2c(n1)CNC(=O)c1ccc(F)cc1C1CCCCN1C1=CN[NH2+]C2=C1. The average molecular weight is 395 g/mol. The second kappa shape index (κ2) is 7.04. The van der Waals surface area contributed by atoms with Crippen molar-refractivity contribution in [1.29, 1.82) is 0 Å². The zero-order valence-electron chi connectivity index (χ0n) is 16.3. The molecule has 2 aromatic rings. The van der Waals surface area contributed by atoms with E-state index in [4.69, 9.17) is 0 Å². The molecule has 4 heterocycles. The molecule has 0 aliphatic carbocycles. The van der Waals surface area contributed by atoms with Crippen LogP contribution in [0.1, 0.15) is 52.5 Å². The smallest absolute Gasteiger partial charge is 0.251 e. The molecule has 29 heavy (non-hydrogen) atoms. The van der Waals surface area contributed by atoms with Crippen LogP contribution in [0, 0.1) is 5.82 Å². The predicted octanol–water partition coefficient (Wildman–Crippen LogP) is 1.29. The van der Waals surface area contributed by atoms with E-state index in [1.165, 1.54) is 12.1 Å². The lowest BCUT2D eigenvalue weighted by Crippen LogP contribution is -2.90. The van der Waals surface area contributed by atoms with E-state index in [1.54, 1.807) is 10.7 Å². The van der Waals surface area contributed by atoms with Crippen molar-refractivity contribution in [2.75, 3.05) is 6.54 Å². The number of allylic oxidation sites excluding steroid dienone is 1. The Morgan fingerprint density at radius 3 is 3.07 bits per heavy atom. The fraction of sp³-hybridized carbons (Fsp3) is 0.333. The van der Waals surface area contributed by atoms with Crippen LogP contribution in [-0.4, -0.2) is 27.1 Å². The summed E-state index contributed by atoms with van der Waals surface area (Å²) in [6, 6.07) is 4.43. The number of carbonyl (C=O) groups is 1. The number of rotatable bonds is 0. The fourth-order valence-electron chi connectivity index (χ4n) is 4.53. The highest BCUT2D eigenvalue weighted by Gasteiger charge is 2.31. The summed E-state index contributed by atoms with van der Waals surface area (Å²) >= 11 is 0. The van der Waals surface area contributed by atoms with Gasteiger partial charge in [-0.25, -0.2) is 15.2 Å². The van der Waals surface area contributed by atoms with Crippen LogP contribution in [0.5, 0.6) is 0 Å². The average Bonchev–Trinajstić information content (AvgIpc) is 3.12. The minimum absolute atomic E-state index is 0.0448. The number of benzene rings is 1. The van der Waals surface area contributed by atoms with Gasteiger partial charge in [0.05, 0.1) is 35.7 Å². The third kappa shape index (κ3) is 3.19. The van der Waals surface area contributed by atoms with Crippen molar-refractivity contribution >= 4 is 11.6 Å². The van der Waals surface area contributed by atoms with Gasteiger partial charge < -0.3 is 10.2 Å². The molecule has 1 unspecified atom stereocenters. The summed E-state index contributed by atoms with van der Waals surface area (Å²) < 4.78 is 15.9. The van der Waals surface area contributed by atoms with Gasteiger partial charge in [0.15, 0.2) is 5.70 Å². The maximum atomic E-state index is 14.2. The number of amides is 1. The standard InChI is InChI=1S/C21H23FN6O/c1-27-12-17-18-9-14(10-24-25-18)28-7-3-2-4-20(28)16-8-13(22)5-6-15(16)21(29)23-11-19(17)26-27/h5-6,8-10,12,20,24-25H,2-4,7,11H2,1H3,(H,23,29)/p+1. The Bertz CT molecular complexity index is 1040. The summed E-state index contributed by atoms with van der Waals surface area (Å²) in [6.45, 7) is 1.17. The lowest BCUT2D eigenvalue weighted by atomic mass is 9.90. The van der Waals surface area contributed by atoms with E-state index in [0.717, 1.165) is 54.0 Å². The van der Waals surface area contributed by atoms with Gasteiger partial charge in [0.25, 0.3) is 5.91 Å². The van der Waals surface area contributed by atoms with E-state index in [2.05, 4.69) is 26.8 Å². The number of halogens is 1. The Hall–Kier alpha value is -3.13. The van der Waals surface area contributed by atoms with Gasteiger partial charge in [-0.05, 0) is 43.0 Å². The Balaban J connectivity index is 1.69. The first kappa shape index (κ1) is 17.9. The minimum Gasteiger partial charge on any atom is -0.363 e. The highest BCUT2D eigenvalue weighted by Crippen LogP contribution is 2.37. The first-order valence-electron chi connectivity index (χ1n) is 9.98. The van der Waals surface area contributed by atoms with Crippen molar-refractivity contribution in [3.05, 3.63) is 70.6 Å². The highest BCUT2D eigenvalue weighted by atomic mass is 19.1. The molecular weight excluding hydrogens is 371 g/mol. The van der Waals surface area contributed by atoms with Crippen molar-refractivity contribution in [1.82, 2.24) is 25.4 Å². The molecule has 1 atom stereocenters. The molecule has 3 aliphatic rings. The van der Waals surface area contributed by atoms with Crippen molar-refractivity contribution < 1.29 is 14.6 Å². The van der Waals surface area contributed by atoms with Gasteiger partial charge in [-0.15, -0.1) is 0 Å². The van der Waals surface area contributed by atoms with Crippen molar-refractivity contribution in [2.24, 2.45) is 7.05 Å². The molecule has 5 rings (SSSR count). The first-order chi connectivity index (χ1) is 14.1. The van der Waals surface area contributed by atoms with Crippen LogP contribution < -0.4 is 16.2 Å². The second-order valence-corrected chi connectivity index (χ2v) is 7.76. The van der Waals surface area contributed by atoms with Gasteiger partial charge in [0, 0.05) is 31.4 Å². The Morgan fingerprint density at radius 2 is 2.17 bits per heavy atom. The number of carbonyl (C=O) groups excluding carboxylic acids is 1. The van der Waals surface area contributed by atoms with Gasteiger partial charge in [0.2, 0.25) is 0 Å². The molecular formula is C21H24FN6O+. The number of aryl methyl sites for hydroxylation is 1. The number of quaternary nitrogens is 1. The third-order valence-electron chi connectivity index (χ3n) is 5.86. The number of fused-ring (bicyclic) bond motifs is 7. The monoisotopic (exact) mass is 395 g/mol. The molecule has 1 fully saturated rings. The van der Waals surface area contributed by atoms with E-state index in [-0.39, 0.29) is 17.8 Å². The van der Waals surface area contributed by atoms with Gasteiger partial charge >= 0.3 is 0 Å². The van der Waals surface area contributed by atoms with E-state index >= 15 is 0 Å². The molecule has 150 valence electrons. The largest absolute Gasteiger partial charge is 0.363 e. The van der Waals surface area contributed by atoms with Gasteiger partial charge in [0.1, 0.15) is 5.82 Å². The number of piperidine rings is 1. The summed E-state index contributed by atoms with van der Waals surface area (Å²) in [5.74, 6) is -0.514. The molecule has 0 spiro atoms. The molecule has 8 heteroatoms. The van der Waals surface area contributed by atoms with Crippen molar-refractivity contribution in [3.8, 4) is 0 Å². The number of hydrogen-bond donors (Lipinski definition) is 3. The predicted molar refractivity (Wildman–Crippen MR) is 105 cm³/mol. The lowest BCUT2D eigenvalue weighted by Gasteiger charge is -2.39. The van der Waals surface area contributed by atoms with Crippen LogP contribution in [-0.2, 0) is 13.6 Å². The molecule has 1 amide bonds. The Kier molecular flexibility index (Phi) is 4.35. The maximum absolute atomic E-state index is 14.2. The quantitative estimate of drug-likeness (QED) is 0.588. The van der Waals surface area contributed by atoms with Crippen LogP contribution >= 0.6 is 0 Å². The molecule has 0 radical (unpaired) electrons. The molecule has 7 nitrogen and oxygen atoms in total.